The predicted molar refractivity (Wildman–Crippen MR) is 113 cm³/mol. The lowest BCUT2D eigenvalue weighted by Gasteiger charge is -2.34. The van der Waals surface area contributed by atoms with Crippen LogP contribution < -0.4 is 0 Å². The molecule has 1 saturated heterocycles. The maximum absolute atomic E-state index is 13.0. The molecule has 0 aromatic heterocycles. The van der Waals surface area contributed by atoms with Crippen LogP contribution >= 0.6 is 11.8 Å². The molecule has 1 fully saturated rings. The highest BCUT2D eigenvalue weighted by molar-refractivity contribution is 7.99. The third kappa shape index (κ3) is 4.96. The van der Waals surface area contributed by atoms with Gasteiger partial charge in [0.1, 0.15) is 0 Å². The van der Waals surface area contributed by atoms with Gasteiger partial charge in [0.05, 0.1) is 4.90 Å². The zero-order valence-electron chi connectivity index (χ0n) is 16.3. The van der Waals surface area contributed by atoms with Crippen molar-refractivity contribution in [1.29, 1.82) is 0 Å². The van der Waals surface area contributed by atoms with Crippen molar-refractivity contribution < 1.29 is 13.2 Å². The molecule has 0 bridgehead atoms. The number of benzene rings is 2. The topological polar surface area (TPSA) is 57.7 Å². The Kier molecular flexibility index (Phi) is 6.80. The maximum atomic E-state index is 13.0. The van der Waals surface area contributed by atoms with Crippen LogP contribution in [0.3, 0.4) is 0 Å². The zero-order valence-corrected chi connectivity index (χ0v) is 17.9. The van der Waals surface area contributed by atoms with Crippen LogP contribution in [0.15, 0.2) is 58.3 Å². The Hall–Kier alpha value is -1.83. The van der Waals surface area contributed by atoms with Gasteiger partial charge < -0.3 is 4.90 Å². The highest BCUT2D eigenvalue weighted by atomic mass is 32.2. The molecule has 7 heteroatoms. The summed E-state index contributed by atoms with van der Waals surface area (Å²) in [5.74, 6) is 0.816. The fourth-order valence-corrected chi connectivity index (χ4v) is 5.83. The molecule has 0 atom stereocenters. The van der Waals surface area contributed by atoms with Gasteiger partial charge in [-0.1, -0.05) is 30.3 Å². The number of sulfonamides is 1. The minimum Gasteiger partial charge on any atom is -0.340 e. The number of aryl methyl sites for hydroxylation is 2. The van der Waals surface area contributed by atoms with Crippen molar-refractivity contribution in [3.63, 3.8) is 0 Å². The fraction of sp³-hybridized carbons (Fsp3) is 0.381. The number of carbonyl (C=O) groups is 1. The van der Waals surface area contributed by atoms with Gasteiger partial charge in [0.25, 0.3) is 0 Å². The molecule has 5 nitrogen and oxygen atoms in total. The Labute approximate surface area is 171 Å². The van der Waals surface area contributed by atoms with E-state index >= 15 is 0 Å². The Bertz CT molecular complexity index is 922. The monoisotopic (exact) mass is 418 g/mol. The summed E-state index contributed by atoms with van der Waals surface area (Å²) in [4.78, 5) is 15.8. The number of thioether (sulfide) groups is 1. The van der Waals surface area contributed by atoms with Crippen LogP contribution in [0.25, 0.3) is 0 Å². The fourth-order valence-electron chi connectivity index (χ4n) is 3.23. The van der Waals surface area contributed by atoms with Gasteiger partial charge in [-0.25, -0.2) is 8.42 Å². The van der Waals surface area contributed by atoms with Gasteiger partial charge in [-0.3, -0.25) is 4.79 Å². The van der Waals surface area contributed by atoms with Crippen molar-refractivity contribution in [3.8, 4) is 0 Å². The molecule has 0 aliphatic carbocycles. The average molecular weight is 419 g/mol. The Morgan fingerprint density at radius 3 is 2.36 bits per heavy atom. The molecular weight excluding hydrogens is 392 g/mol. The molecule has 0 radical (unpaired) electrons. The third-order valence-corrected chi connectivity index (χ3v) is 7.94. The molecule has 1 heterocycles. The first-order valence-electron chi connectivity index (χ1n) is 9.41. The van der Waals surface area contributed by atoms with Gasteiger partial charge in [-0.2, -0.15) is 4.31 Å². The normalized spacial score (nSPS) is 15.6. The summed E-state index contributed by atoms with van der Waals surface area (Å²) < 4.78 is 27.5. The molecule has 0 saturated carbocycles. The largest absolute Gasteiger partial charge is 0.340 e. The van der Waals surface area contributed by atoms with Crippen LogP contribution in [0.2, 0.25) is 0 Å². The van der Waals surface area contributed by atoms with Crippen molar-refractivity contribution >= 4 is 27.7 Å². The van der Waals surface area contributed by atoms with E-state index in [0.717, 1.165) is 21.8 Å². The van der Waals surface area contributed by atoms with Gasteiger partial charge in [-0.15, -0.1) is 11.8 Å². The van der Waals surface area contributed by atoms with Crippen molar-refractivity contribution in [3.05, 3.63) is 59.7 Å². The molecular formula is C21H26N2O3S2. The molecule has 28 heavy (non-hydrogen) atoms. The average Bonchev–Trinajstić information content (AvgIpc) is 2.70. The van der Waals surface area contributed by atoms with E-state index < -0.39 is 10.0 Å². The molecule has 1 amide bonds. The second kappa shape index (κ2) is 9.11. The van der Waals surface area contributed by atoms with E-state index in [0.29, 0.717) is 37.5 Å². The molecule has 0 N–H and O–H groups in total. The van der Waals surface area contributed by atoms with E-state index in [9.17, 15) is 13.2 Å². The van der Waals surface area contributed by atoms with E-state index in [2.05, 4.69) is 0 Å². The first-order valence-corrected chi connectivity index (χ1v) is 11.8. The smallest absolute Gasteiger partial charge is 0.243 e. The second-order valence-corrected chi connectivity index (χ2v) is 10.0. The SMILES string of the molecule is Cc1ccc(C)c(S(=O)(=O)N2CCN(C(=O)CCSc3ccccc3)CC2)c1. The van der Waals surface area contributed by atoms with Gasteiger partial charge in [0.15, 0.2) is 0 Å². The van der Waals surface area contributed by atoms with E-state index in [4.69, 9.17) is 0 Å². The number of nitrogens with zero attached hydrogens (tertiary/aromatic N) is 2. The summed E-state index contributed by atoms with van der Waals surface area (Å²) in [6.45, 7) is 5.28. The van der Waals surface area contributed by atoms with Crippen LogP contribution in [-0.4, -0.2) is 55.5 Å². The third-order valence-electron chi connectivity index (χ3n) is 4.88. The Balaban J connectivity index is 1.53. The molecule has 0 unspecified atom stereocenters. The van der Waals surface area contributed by atoms with Crippen LogP contribution in [0.5, 0.6) is 0 Å². The minimum absolute atomic E-state index is 0.0900. The molecule has 1 aliphatic heterocycles. The number of rotatable bonds is 6. The number of hydrogen-bond donors (Lipinski definition) is 0. The summed E-state index contributed by atoms with van der Waals surface area (Å²) >= 11 is 1.66. The quantitative estimate of drug-likeness (QED) is 0.676. The lowest BCUT2D eigenvalue weighted by atomic mass is 10.2. The highest BCUT2D eigenvalue weighted by Gasteiger charge is 2.30. The van der Waals surface area contributed by atoms with Gasteiger partial charge in [0, 0.05) is 43.2 Å². The summed E-state index contributed by atoms with van der Waals surface area (Å²) in [6, 6.07) is 15.5. The van der Waals surface area contributed by atoms with Crippen LogP contribution in [-0.2, 0) is 14.8 Å². The lowest BCUT2D eigenvalue weighted by molar-refractivity contribution is -0.131. The van der Waals surface area contributed by atoms with Crippen LogP contribution in [0.1, 0.15) is 17.5 Å². The standard InChI is InChI=1S/C21H26N2O3S2/c1-17-8-9-18(2)20(16-17)28(25,26)23-13-11-22(12-14-23)21(24)10-15-27-19-6-4-3-5-7-19/h3-9,16H,10-15H2,1-2H3. The Morgan fingerprint density at radius 1 is 1.00 bits per heavy atom. The van der Waals surface area contributed by atoms with Crippen molar-refractivity contribution in [2.45, 2.75) is 30.1 Å². The Morgan fingerprint density at radius 2 is 1.68 bits per heavy atom. The lowest BCUT2D eigenvalue weighted by Crippen LogP contribution is -2.50. The maximum Gasteiger partial charge on any atom is 0.243 e. The van der Waals surface area contributed by atoms with E-state index in [1.165, 1.54) is 4.31 Å². The van der Waals surface area contributed by atoms with Crippen LogP contribution in [0.4, 0.5) is 0 Å². The second-order valence-electron chi connectivity index (χ2n) is 6.97. The zero-order chi connectivity index (χ0) is 20.1. The van der Waals surface area contributed by atoms with Crippen molar-refractivity contribution in [2.24, 2.45) is 0 Å². The molecule has 2 aromatic carbocycles. The number of amides is 1. The first-order chi connectivity index (χ1) is 13.4. The first kappa shape index (κ1) is 20.9. The number of piperazine rings is 1. The summed E-state index contributed by atoms with van der Waals surface area (Å²) in [6.07, 6.45) is 0.462. The molecule has 2 aromatic rings. The van der Waals surface area contributed by atoms with Gasteiger partial charge in [0.2, 0.25) is 15.9 Å². The van der Waals surface area contributed by atoms with E-state index in [1.54, 1.807) is 22.7 Å². The summed E-state index contributed by atoms with van der Waals surface area (Å²) in [7, 11) is -3.53. The van der Waals surface area contributed by atoms with E-state index in [-0.39, 0.29) is 5.91 Å². The summed E-state index contributed by atoms with van der Waals surface area (Å²) in [5.41, 5.74) is 1.68. The minimum atomic E-state index is -3.53. The van der Waals surface area contributed by atoms with Crippen LogP contribution in [0, 0.1) is 13.8 Å². The number of carbonyl (C=O) groups excluding carboxylic acids is 1. The molecule has 0 spiro atoms. The highest BCUT2D eigenvalue weighted by Crippen LogP contribution is 2.23. The molecule has 3 rings (SSSR count). The molecule has 1 aliphatic rings. The van der Waals surface area contributed by atoms with E-state index in [1.807, 2.05) is 56.3 Å². The van der Waals surface area contributed by atoms with Gasteiger partial charge >= 0.3 is 0 Å². The summed E-state index contributed by atoms with van der Waals surface area (Å²) in [5, 5.41) is 0. The van der Waals surface area contributed by atoms with Crippen molar-refractivity contribution in [1.82, 2.24) is 9.21 Å². The predicted octanol–water partition coefficient (Wildman–Crippen LogP) is 3.32. The number of hydrogen-bond acceptors (Lipinski definition) is 4. The molecule has 150 valence electrons. The van der Waals surface area contributed by atoms with Crippen molar-refractivity contribution in [2.75, 3.05) is 31.9 Å². The van der Waals surface area contributed by atoms with Gasteiger partial charge in [-0.05, 0) is 43.2 Å².